The summed E-state index contributed by atoms with van der Waals surface area (Å²) in [5, 5.41) is 3.35. The molecule has 2 aromatic rings. The lowest BCUT2D eigenvalue weighted by Gasteiger charge is -2.43. The van der Waals surface area contributed by atoms with Crippen molar-refractivity contribution in [1.82, 2.24) is 10.2 Å². The second kappa shape index (κ2) is 10.7. The van der Waals surface area contributed by atoms with Crippen LogP contribution in [0.15, 0.2) is 59.5 Å². The normalized spacial score (nSPS) is 21.8. The molecular weight excluding hydrogens is 420 g/mol. The van der Waals surface area contributed by atoms with Gasteiger partial charge in [0, 0.05) is 17.8 Å². The van der Waals surface area contributed by atoms with Crippen LogP contribution in [0.25, 0.3) is 6.08 Å². The average molecular weight is 451 g/mol. The minimum absolute atomic E-state index is 0.0350. The van der Waals surface area contributed by atoms with Crippen molar-refractivity contribution in [3.8, 4) is 5.75 Å². The average Bonchev–Trinajstić information content (AvgIpc) is 2.83. The van der Waals surface area contributed by atoms with Crippen molar-refractivity contribution in [1.29, 1.82) is 0 Å². The van der Waals surface area contributed by atoms with Gasteiger partial charge in [-0.15, -0.1) is 11.8 Å². The summed E-state index contributed by atoms with van der Waals surface area (Å²) in [4.78, 5) is 28.6. The minimum atomic E-state index is -0.0886. The fourth-order valence-electron chi connectivity index (χ4n) is 4.41. The summed E-state index contributed by atoms with van der Waals surface area (Å²) < 4.78 is 5.23. The maximum absolute atomic E-state index is 13.4. The Morgan fingerprint density at radius 1 is 1.12 bits per heavy atom. The molecule has 1 aliphatic carbocycles. The molecule has 1 heterocycles. The van der Waals surface area contributed by atoms with E-state index in [0.29, 0.717) is 11.8 Å². The van der Waals surface area contributed by atoms with Crippen LogP contribution in [-0.2, 0) is 16.0 Å². The van der Waals surface area contributed by atoms with Crippen molar-refractivity contribution in [3.05, 3.63) is 70.6 Å². The zero-order chi connectivity index (χ0) is 22.3. The topological polar surface area (TPSA) is 58.6 Å². The maximum atomic E-state index is 13.4. The fourth-order valence-corrected chi connectivity index (χ4v) is 5.89. The summed E-state index contributed by atoms with van der Waals surface area (Å²) in [5.41, 5.74) is 2.15. The zero-order valence-electron chi connectivity index (χ0n) is 18.5. The van der Waals surface area contributed by atoms with Crippen LogP contribution in [0.3, 0.4) is 0 Å². The molecule has 4 rings (SSSR count). The molecule has 2 atom stereocenters. The third-order valence-corrected chi connectivity index (χ3v) is 7.52. The first-order valence-corrected chi connectivity index (χ1v) is 12.2. The number of fused-ring (bicyclic) bond motifs is 1. The summed E-state index contributed by atoms with van der Waals surface area (Å²) in [6.45, 7) is 0.692. The number of methoxy groups -OCH3 is 1. The number of carbonyl (C=O) groups excluding carboxylic acids is 2. The molecule has 32 heavy (non-hydrogen) atoms. The molecule has 2 aromatic carbocycles. The molecule has 2 amide bonds. The lowest BCUT2D eigenvalue weighted by molar-refractivity contribution is -0.135. The Hall–Kier alpha value is -2.73. The van der Waals surface area contributed by atoms with Gasteiger partial charge in [-0.1, -0.05) is 55.3 Å². The highest BCUT2D eigenvalue weighted by atomic mass is 32.2. The van der Waals surface area contributed by atoms with Gasteiger partial charge in [0.1, 0.15) is 12.3 Å². The predicted molar refractivity (Wildman–Crippen MR) is 129 cm³/mol. The fraction of sp³-hybridized carbons (Fsp3) is 0.385. The highest BCUT2D eigenvalue weighted by molar-refractivity contribution is 8.04. The Morgan fingerprint density at radius 2 is 1.88 bits per heavy atom. The monoisotopic (exact) mass is 450 g/mol. The molecule has 168 valence electrons. The third kappa shape index (κ3) is 5.54. The van der Waals surface area contributed by atoms with E-state index in [-0.39, 0.29) is 24.4 Å². The zero-order valence-corrected chi connectivity index (χ0v) is 19.3. The van der Waals surface area contributed by atoms with E-state index in [0.717, 1.165) is 41.9 Å². The number of hydrogen-bond acceptors (Lipinski definition) is 4. The van der Waals surface area contributed by atoms with Crippen LogP contribution in [0.4, 0.5) is 0 Å². The van der Waals surface area contributed by atoms with Gasteiger partial charge < -0.3 is 15.0 Å². The largest absolute Gasteiger partial charge is 0.497 e. The van der Waals surface area contributed by atoms with Crippen LogP contribution in [0.1, 0.15) is 36.8 Å². The second-order valence-electron chi connectivity index (χ2n) is 8.31. The lowest BCUT2D eigenvalue weighted by Crippen LogP contribution is -2.54. The van der Waals surface area contributed by atoms with Crippen molar-refractivity contribution in [3.63, 3.8) is 0 Å². The first-order chi connectivity index (χ1) is 15.6. The SMILES string of the molecule is COc1ccc(/C=C2\SC3CCCCC3N(CC(=O)NCCc3ccccc3)C2=O)cc1. The van der Waals surface area contributed by atoms with Crippen LogP contribution >= 0.6 is 11.8 Å². The molecule has 2 unspecified atom stereocenters. The molecule has 0 bridgehead atoms. The quantitative estimate of drug-likeness (QED) is 0.640. The van der Waals surface area contributed by atoms with Crippen LogP contribution in [0.5, 0.6) is 5.75 Å². The molecule has 1 N–H and O–H groups in total. The Balaban J connectivity index is 1.44. The number of nitrogens with zero attached hydrogens (tertiary/aromatic N) is 1. The number of amides is 2. The van der Waals surface area contributed by atoms with Gasteiger partial charge in [-0.2, -0.15) is 0 Å². The highest BCUT2D eigenvalue weighted by Crippen LogP contribution is 2.42. The number of ether oxygens (including phenoxy) is 1. The van der Waals surface area contributed by atoms with Crippen LogP contribution in [0.2, 0.25) is 0 Å². The Kier molecular flexibility index (Phi) is 7.53. The second-order valence-corrected chi connectivity index (χ2v) is 9.59. The van der Waals surface area contributed by atoms with Gasteiger partial charge in [0.15, 0.2) is 0 Å². The van der Waals surface area contributed by atoms with Crippen molar-refractivity contribution < 1.29 is 14.3 Å². The van der Waals surface area contributed by atoms with E-state index in [1.54, 1.807) is 18.9 Å². The summed E-state index contributed by atoms with van der Waals surface area (Å²) in [6.07, 6.45) is 7.06. The summed E-state index contributed by atoms with van der Waals surface area (Å²) >= 11 is 1.68. The minimum Gasteiger partial charge on any atom is -0.497 e. The van der Waals surface area contributed by atoms with E-state index in [4.69, 9.17) is 4.74 Å². The molecular formula is C26H30N2O3S. The number of hydrogen-bond donors (Lipinski definition) is 1. The molecule has 5 nitrogen and oxygen atoms in total. The van der Waals surface area contributed by atoms with Crippen molar-refractivity contribution >= 4 is 29.7 Å². The molecule has 1 saturated carbocycles. The number of benzene rings is 2. The molecule has 1 aliphatic heterocycles. The molecule has 0 aromatic heterocycles. The van der Waals surface area contributed by atoms with Crippen LogP contribution < -0.4 is 10.1 Å². The Labute approximate surface area is 194 Å². The molecule has 6 heteroatoms. The predicted octanol–water partition coefficient (Wildman–Crippen LogP) is 4.28. The number of thioether (sulfide) groups is 1. The van der Waals surface area contributed by atoms with Gasteiger partial charge in [-0.3, -0.25) is 9.59 Å². The van der Waals surface area contributed by atoms with E-state index >= 15 is 0 Å². The number of nitrogens with one attached hydrogen (secondary N) is 1. The third-order valence-electron chi connectivity index (χ3n) is 6.12. The van der Waals surface area contributed by atoms with E-state index in [1.165, 1.54) is 12.0 Å². The van der Waals surface area contributed by atoms with E-state index in [1.807, 2.05) is 53.4 Å². The maximum Gasteiger partial charge on any atom is 0.261 e. The van der Waals surface area contributed by atoms with Gasteiger partial charge in [-0.05, 0) is 48.6 Å². The van der Waals surface area contributed by atoms with Crippen LogP contribution in [-0.4, -0.2) is 48.2 Å². The molecule has 0 spiro atoms. The van der Waals surface area contributed by atoms with Crippen molar-refractivity contribution in [2.24, 2.45) is 0 Å². The standard InChI is InChI=1S/C26H30N2O3S/c1-31-21-13-11-20(12-14-21)17-24-26(30)28(22-9-5-6-10-23(22)32-24)18-25(29)27-16-15-19-7-3-2-4-8-19/h2-4,7-8,11-14,17,22-23H,5-6,9-10,15-16,18H2,1H3,(H,27,29)/b24-17-. The number of rotatable bonds is 7. The molecule has 1 saturated heterocycles. The van der Waals surface area contributed by atoms with E-state index < -0.39 is 0 Å². The lowest BCUT2D eigenvalue weighted by atomic mass is 9.93. The van der Waals surface area contributed by atoms with Crippen molar-refractivity contribution in [2.45, 2.75) is 43.4 Å². The Morgan fingerprint density at radius 3 is 2.62 bits per heavy atom. The molecule has 2 fully saturated rings. The molecule has 2 aliphatic rings. The highest BCUT2D eigenvalue weighted by Gasteiger charge is 2.41. The van der Waals surface area contributed by atoms with Gasteiger partial charge in [0.25, 0.3) is 5.91 Å². The summed E-state index contributed by atoms with van der Waals surface area (Å²) in [5.74, 6) is 0.664. The number of carbonyl (C=O) groups is 2. The Bertz CT molecular complexity index is 959. The van der Waals surface area contributed by atoms with Gasteiger partial charge in [0.05, 0.1) is 12.0 Å². The van der Waals surface area contributed by atoms with E-state index in [9.17, 15) is 9.59 Å². The van der Waals surface area contributed by atoms with Gasteiger partial charge >= 0.3 is 0 Å². The summed E-state index contributed by atoms with van der Waals surface area (Å²) in [6, 6.07) is 17.9. The van der Waals surface area contributed by atoms with Crippen molar-refractivity contribution in [2.75, 3.05) is 20.2 Å². The van der Waals surface area contributed by atoms with E-state index in [2.05, 4.69) is 17.4 Å². The first kappa shape index (κ1) is 22.5. The first-order valence-electron chi connectivity index (χ1n) is 11.3. The molecule has 0 radical (unpaired) electrons. The van der Waals surface area contributed by atoms with Gasteiger partial charge in [0.2, 0.25) is 5.91 Å². The van der Waals surface area contributed by atoms with Crippen LogP contribution in [0, 0.1) is 0 Å². The summed E-state index contributed by atoms with van der Waals surface area (Å²) in [7, 11) is 1.64. The smallest absolute Gasteiger partial charge is 0.261 e. The van der Waals surface area contributed by atoms with Gasteiger partial charge in [-0.25, -0.2) is 0 Å².